The maximum absolute atomic E-state index is 12.8. The molecule has 2 amide bonds. The fraction of sp³-hybridized carbons (Fsp3) is 0.250. The van der Waals surface area contributed by atoms with Crippen molar-refractivity contribution in [2.75, 3.05) is 24.5 Å². The van der Waals surface area contributed by atoms with Crippen molar-refractivity contribution in [1.82, 2.24) is 4.90 Å². The van der Waals surface area contributed by atoms with Gasteiger partial charge in [-0.15, -0.1) is 0 Å². The third-order valence-corrected chi connectivity index (χ3v) is 2.67. The Morgan fingerprint density at radius 1 is 1.17 bits per heavy atom. The Balaban J connectivity index is 2.15. The number of imide groups is 1. The maximum Gasteiger partial charge on any atom is 0.249 e. The molecule has 5 nitrogen and oxygen atoms in total. The van der Waals surface area contributed by atoms with Gasteiger partial charge in [-0.25, -0.2) is 4.39 Å². The molecule has 18 heavy (non-hydrogen) atoms. The molecule has 92 valence electrons. The van der Waals surface area contributed by atoms with Gasteiger partial charge in [0.2, 0.25) is 11.8 Å². The van der Waals surface area contributed by atoms with Crippen molar-refractivity contribution < 1.29 is 14.0 Å². The van der Waals surface area contributed by atoms with Gasteiger partial charge in [0.25, 0.3) is 0 Å². The number of carbonyl (C=O) groups is 2. The van der Waals surface area contributed by atoms with Gasteiger partial charge >= 0.3 is 0 Å². The van der Waals surface area contributed by atoms with E-state index in [1.807, 2.05) is 0 Å². The molecule has 1 heterocycles. The minimum atomic E-state index is -0.419. The first kappa shape index (κ1) is 12.0. The maximum atomic E-state index is 12.8. The van der Waals surface area contributed by atoms with Gasteiger partial charge in [-0.05, 0) is 24.3 Å². The molecule has 0 spiro atoms. The van der Waals surface area contributed by atoms with Crippen LogP contribution in [0, 0.1) is 17.1 Å². The zero-order valence-corrected chi connectivity index (χ0v) is 9.47. The van der Waals surface area contributed by atoms with Crippen LogP contribution >= 0.6 is 0 Å². The smallest absolute Gasteiger partial charge is 0.249 e. The Kier molecular flexibility index (Phi) is 3.24. The molecule has 1 aliphatic heterocycles. The Bertz CT molecular complexity index is 503. The number of amides is 2. The summed E-state index contributed by atoms with van der Waals surface area (Å²) < 4.78 is 12.8. The number of hydrogen-bond donors (Lipinski definition) is 0. The summed E-state index contributed by atoms with van der Waals surface area (Å²) in [7, 11) is 0. The molecule has 1 saturated heterocycles. The average Bonchev–Trinajstić information content (AvgIpc) is 2.34. The standard InChI is InChI=1S/C12H10FN3O2/c13-9-1-3-10(4-2-9)15-7-11(17)16(6-5-14)12(18)8-15/h1-4H,6-8H2. The highest BCUT2D eigenvalue weighted by Crippen LogP contribution is 2.17. The van der Waals surface area contributed by atoms with Gasteiger partial charge in [0.05, 0.1) is 19.2 Å². The molecule has 0 unspecified atom stereocenters. The molecule has 1 aromatic carbocycles. The highest BCUT2D eigenvalue weighted by Gasteiger charge is 2.30. The van der Waals surface area contributed by atoms with Crippen molar-refractivity contribution in [3.05, 3.63) is 30.1 Å². The third-order valence-electron chi connectivity index (χ3n) is 2.67. The number of nitrogens with zero attached hydrogens (tertiary/aromatic N) is 3. The molecule has 1 aromatic rings. The summed E-state index contributed by atoms with van der Waals surface area (Å²) in [5.74, 6) is -1.21. The van der Waals surface area contributed by atoms with Crippen molar-refractivity contribution in [2.45, 2.75) is 0 Å². The van der Waals surface area contributed by atoms with Crippen LogP contribution in [0.3, 0.4) is 0 Å². The first-order chi connectivity index (χ1) is 8.61. The van der Waals surface area contributed by atoms with Crippen LogP contribution in [0.1, 0.15) is 0 Å². The molecular formula is C12H10FN3O2. The van der Waals surface area contributed by atoms with Crippen LogP contribution in [0.25, 0.3) is 0 Å². The molecule has 0 saturated carbocycles. The summed E-state index contributed by atoms with van der Waals surface area (Å²) in [6, 6.07) is 7.34. The predicted octanol–water partition coefficient (Wildman–Crippen LogP) is 0.524. The number of halogens is 1. The fourth-order valence-electron chi connectivity index (χ4n) is 1.77. The minimum absolute atomic E-state index is 0.0129. The number of piperazine rings is 1. The second kappa shape index (κ2) is 4.84. The minimum Gasteiger partial charge on any atom is -0.353 e. The van der Waals surface area contributed by atoms with E-state index >= 15 is 0 Å². The van der Waals surface area contributed by atoms with Gasteiger partial charge in [0, 0.05) is 5.69 Å². The second-order valence-electron chi connectivity index (χ2n) is 3.86. The van der Waals surface area contributed by atoms with E-state index in [1.165, 1.54) is 24.3 Å². The van der Waals surface area contributed by atoms with E-state index in [0.717, 1.165) is 4.90 Å². The first-order valence-electron chi connectivity index (χ1n) is 5.32. The molecule has 0 atom stereocenters. The quantitative estimate of drug-likeness (QED) is 0.564. The van der Waals surface area contributed by atoms with Gasteiger partial charge in [0.15, 0.2) is 0 Å². The number of rotatable bonds is 2. The van der Waals surface area contributed by atoms with Crippen LogP contribution in [0.15, 0.2) is 24.3 Å². The highest BCUT2D eigenvalue weighted by atomic mass is 19.1. The van der Waals surface area contributed by atoms with E-state index in [4.69, 9.17) is 5.26 Å². The Labute approximate surface area is 103 Å². The van der Waals surface area contributed by atoms with E-state index in [0.29, 0.717) is 5.69 Å². The van der Waals surface area contributed by atoms with Crippen LogP contribution in [0.5, 0.6) is 0 Å². The molecule has 0 aromatic heterocycles. The average molecular weight is 247 g/mol. The van der Waals surface area contributed by atoms with Gasteiger partial charge < -0.3 is 4.90 Å². The molecule has 0 aliphatic carbocycles. The topological polar surface area (TPSA) is 64.4 Å². The molecule has 0 radical (unpaired) electrons. The normalized spacial score (nSPS) is 15.8. The largest absolute Gasteiger partial charge is 0.353 e. The van der Waals surface area contributed by atoms with E-state index in [9.17, 15) is 14.0 Å². The van der Waals surface area contributed by atoms with E-state index < -0.39 is 11.8 Å². The molecule has 6 heteroatoms. The van der Waals surface area contributed by atoms with Crippen molar-refractivity contribution in [3.63, 3.8) is 0 Å². The SMILES string of the molecule is N#CCN1C(=O)CN(c2ccc(F)cc2)CC1=O. The van der Waals surface area contributed by atoms with Crippen molar-refractivity contribution in [2.24, 2.45) is 0 Å². The van der Waals surface area contributed by atoms with Crippen LogP contribution in [0.4, 0.5) is 10.1 Å². The van der Waals surface area contributed by atoms with Crippen LogP contribution < -0.4 is 4.90 Å². The van der Waals surface area contributed by atoms with Gasteiger partial charge in [-0.3, -0.25) is 14.5 Å². The van der Waals surface area contributed by atoms with Crippen molar-refractivity contribution >= 4 is 17.5 Å². The lowest BCUT2D eigenvalue weighted by Gasteiger charge is -2.32. The number of anilines is 1. The molecule has 0 bridgehead atoms. The van der Waals surface area contributed by atoms with Crippen LogP contribution in [0.2, 0.25) is 0 Å². The van der Waals surface area contributed by atoms with Crippen molar-refractivity contribution in [3.8, 4) is 6.07 Å². The monoisotopic (exact) mass is 247 g/mol. The van der Waals surface area contributed by atoms with Crippen LogP contribution in [-0.2, 0) is 9.59 Å². The highest BCUT2D eigenvalue weighted by molar-refractivity contribution is 6.02. The summed E-state index contributed by atoms with van der Waals surface area (Å²) in [6.45, 7) is -0.201. The lowest BCUT2D eigenvalue weighted by Crippen LogP contribution is -2.54. The Morgan fingerprint density at radius 3 is 2.22 bits per heavy atom. The van der Waals surface area contributed by atoms with Gasteiger partial charge in [-0.1, -0.05) is 0 Å². The molecule has 0 N–H and O–H groups in total. The summed E-state index contributed by atoms with van der Waals surface area (Å²) in [5, 5.41) is 8.52. The van der Waals surface area contributed by atoms with Gasteiger partial charge in [-0.2, -0.15) is 5.26 Å². The zero-order valence-electron chi connectivity index (χ0n) is 9.47. The zero-order chi connectivity index (χ0) is 13.1. The molecule has 1 fully saturated rings. The van der Waals surface area contributed by atoms with Crippen LogP contribution in [-0.4, -0.2) is 36.3 Å². The number of hydrogen-bond acceptors (Lipinski definition) is 4. The lowest BCUT2D eigenvalue weighted by atomic mass is 10.2. The van der Waals surface area contributed by atoms with E-state index in [-0.39, 0.29) is 25.5 Å². The fourth-order valence-corrected chi connectivity index (χ4v) is 1.77. The van der Waals surface area contributed by atoms with E-state index in [2.05, 4.69) is 0 Å². The van der Waals surface area contributed by atoms with Crippen molar-refractivity contribution in [1.29, 1.82) is 5.26 Å². The summed E-state index contributed by atoms with van der Waals surface area (Å²) in [4.78, 5) is 25.9. The number of nitriles is 1. The molecular weight excluding hydrogens is 237 g/mol. The van der Waals surface area contributed by atoms with Gasteiger partial charge in [0.1, 0.15) is 12.4 Å². The number of carbonyl (C=O) groups excluding carboxylic acids is 2. The summed E-state index contributed by atoms with van der Waals surface area (Å²) in [5.41, 5.74) is 0.606. The molecule has 2 rings (SSSR count). The lowest BCUT2D eigenvalue weighted by molar-refractivity contribution is -0.144. The summed E-state index contributed by atoms with van der Waals surface area (Å²) >= 11 is 0. The predicted molar refractivity (Wildman–Crippen MR) is 60.9 cm³/mol. The third kappa shape index (κ3) is 2.30. The Morgan fingerprint density at radius 2 is 1.72 bits per heavy atom. The Hall–Kier alpha value is -2.42. The number of benzene rings is 1. The second-order valence-corrected chi connectivity index (χ2v) is 3.86. The summed E-state index contributed by atoms with van der Waals surface area (Å²) in [6.07, 6.45) is 0. The molecule has 1 aliphatic rings. The van der Waals surface area contributed by atoms with E-state index in [1.54, 1.807) is 11.0 Å². The first-order valence-corrected chi connectivity index (χ1v) is 5.32.